The molecule has 1 heterocycles. The number of fused-ring (bicyclic) bond motifs is 1. The van der Waals surface area contributed by atoms with Crippen LogP contribution >= 0.6 is 12.6 Å². The molecule has 2 atom stereocenters. The van der Waals surface area contributed by atoms with Gasteiger partial charge in [0.1, 0.15) is 6.04 Å². The lowest BCUT2D eigenvalue weighted by molar-refractivity contribution is -0.138. The van der Waals surface area contributed by atoms with E-state index in [1.807, 2.05) is 0 Å². The second-order valence-corrected chi connectivity index (χ2v) is 4.62. The summed E-state index contributed by atoms with van der Waals surface area (Å²) in [5.74, 6) is 0.199. The molecule has 0 spiro atoms. The molecule has 2 rings (SSSR count). The van der Waals surface area contributed by atoms with Crippen LogP contribution in [0.1, 0.15) is 17.2 Å². The molecule has 0 fully saturated rings. The van der Waals surface area contributed by atoms with Crippen LogP contribution in [0.2, 0.25) is 0 Å². The van der Waals surface area contributed by atoms with E-state index in [2.05, 4.69) is 12.6 Å². The first-order valence-corrected chi connectivity index (χ1v) is 6.17. The third kappa shape index (κ3) is 2.70. The number of carboxylic acid groups (broad SMARTS) is 1. The van der Waals surface area contributed by atoms with Gasteiger partial charge in [-0.15, -0.1) is 0 Å². The lowest BCUT2D eigenvalue weighted by Gasteiger charge is -2.17. The molecule has 1 aliphatic heterocycles. The van der Waals surface area contributed by atoms with E-state index >= 15 is 0 Å². The maximum atomic E-state index is 10.8. The number of aliphatic carboxylic acids is 1. The van der Waals surface area contributed by atoms with E-state index in [-0.39, 0.29) is 0 Å². The number of carbonyl (C=O) groups is 1. The summed E-state index contributed by atoms with van der Waals surface area (Å²) in [4.78, 5) is 10.8. The smallest absolute Gasteiger partial charge is 0.321 e. The number of thiol groups is 1. The Hall–Kier alpha value is -1.40. The number of hydrogen-bond acceptors (Lipinski definition) is 5. The minimum atomic E-state index is -1.08. The van der Waals surface area contributed by atoms with Gasteiger partial charge in [0.25, 0.3) is 0 Å². The van der Waals surface area contributed by atoms with Crippen molar-refractivity contribution in [2.45, 2.75) is 17.7 Å². The maximum Gasteiger partial charge on any atom is 0.321 e. The van der Waals surface area contributed by atoms with E-state index in [0.717, 1.165) is 6.42 Å². The molecule has 0 radical (unpaired) electrons. The molecular formula is C12H15NO4S. The molecule has 0 bridgehead atoms. The van der Waals surface area contributed by atoms with Gasteiger partial charge >= 0.3 is 5.97 Å². The fraction of sp³-hybridized carbons (Fsp3) is 0.417. The number of ether oxygens (including phenoxy) is 2. The minimum absolute atomic E-state index is 0.582. The predicted octanol–water partition coefficient (Wildman–Crippen LogP) is 1.23. The van der Waals surface area contributed by atoms with Crippen LogP contribution in [-0.4, -0.2) is 30.3 Å². The highest BCUT2D eigenvalue weighted by Crippen LogP contribution is 2.34. The minimum Gasteiger partial charge on any atom is -0.490 e. The zero-order valence-corrected chi connectivity index (χ0v) is 10.6. The van der Waals surface area contributed by atoms with Gasteiger partial charge in [-0.05, 0) is 17.7 Å². The van der Waals surface area contributed by atoms with Gasteiger partial charge in [0.05, 0.1) is 18.5 Å². The van der Waals surface area contributed by atoms with Crippen LogP contribution in [0.15, 0.2) is 18.2 Å². The molecule has 3 N–H and O–H groups in total. The first-order valence-electron chi connectivity index (χ1n) is 5.65. The summed E-state index contributed by atoms with van der Waals surface area (Å²) in [6, 6.07) is 4.20. The predicted molar refractivity (Wildman–Crippen MR) is 69.4 cm³/mol. The summed E-state index contributed by atoms with van der Waals surface area (Å²) in [7, 11) is 0. The van der Waals surface area contributed by atoms with E-state index in [0.29, 0.717) is 30.3 Å². The summed E-state index contributed by atoms with van der Waals surface area (Å²) >= 11 is 4.25. The van der Waals surface area contributed by atoms with Crippen molar-refractivity contribution in [3.8, 4) is 11.5 Å². The van der Waals surface area contributed by atoms with Crippen molar-refractivity contribution in [3.05, 3.63) is 23.8 Å². The van der Waals surface area contributed by atoms with Crippen LogP contribution in [-0.2, 0) is 4.79 Å². The van der Waals surface area contributed by atoms with Crippen molar-refractivity contribution in [2.24, 2.45) is 5.73 Å². The number of benzene rings is 1. The Labute approximate surface area is 110 Å². The fourth-order valence-electron chi connectivity index (χ4n) is 1.71. The Morgan fingerprint density at radius 3 is 2.67 bits per heavy atom. The third-order valence-electron chi connectivity index (χ3n) is 2.74. The molecule has 0 aliphatic carbocycles. The largest absolute Gasteiger partial charge is 0.490 e. The Balaban J connectivity index is 2.25. The standard InChI is InChI=1S/C12H15NO4S/c13-10(12(14)15)11(18)7-2-3-8-9(6-7)17-5-1-4-16-8/h2-3,6,10-11,18H,1,4-5,13H2,(H,14,15). The molecular weight excluding hydrogens is 254 g/mol. The summed E-state index contributed by atoms with van der Waals surface area (Å²) in [6.45, 7) is 1.20. The highest BCUT2D eigenvalue weighted by molar-refractivity contribution is 7.80. The monoisotopic (exact) mass is 269 g/mol. The summed E-state index contributed by atoms with van der Waals surface area (Å²) in [5.41, 5.74) is 6.26. The fourth-order valence-corrected chi connectivity index (χ4v) is 1.99. The van der Waals surface area contributed by atoms with Gasteiger partial charge in [-0.1, -0.05) is 6.07 Å². The molecule has 98 valence electrons. The second-order valence-electron chi connectivity index (χ2n) is 4.07. The summed E-state index contributed by atoms with van der Waals surface area (Å²) in [6.07, 6.45) is 0.822. The van der Waals surface area contributed by atoms with Crippen molar-refractivity contribution >= 4 is 18.6 Å². The maximum absolute atomic E-state index is 10.8. The van der Waals surface area contributed by atoms with Crippen LogP contribution in [0.4, 0.5) is 0 Å². The zero-order chi connectivity index (χ0) is 13.1. The molecule has 2 unspecified atom stereocenters. The van der Waals surface area contributed by atoms with E-state index in [4.69, 9.17) is 20.3 Å². The summed E-state index contributed by atoms with van der Waals surface area (Å²) < 4.78 is 11.0. The van der Waals surface area contributed by atoms with Crippen molar-refractivity contribution in [1.29, 1.82) is 0 Å². The molecule has 0 saturated carbocycles. The summed E-state index contributed by atoms with van der Waals surface area (Å²) in [5, 5.41) is 8.28. The lowest BCUT2D eigenvalue weighted by atomic mass is 10.1. The number of rotatable bonds is 3. The first-order chi connectivity index (χ1) is 8.59. The van der Waals surface area contributed by atoms with Crippen molar-refractivity contribution in [2.75, 3.05) is 13.2 Å². The molecule has 1 aromatic rings. The normalized spacial score (nSPS) is 17.7. The average molecular weight is 269 g/mol. The Morgan fingerprint density at radius 1 is 1.33 bits per heavy atom. The highest BCUT2D eigenvalue weighted by Gasteiger charge is 2.24. The molecule has 0 saturated heterocycles. The van der Waals surface area contributed by atoms with E-state index in [1.54, 1.807) is 18.2 Å². The van der Waals surface area contributed by atoms with Crippen molar-refractivity contribution < 1.29 is 19.4 Å². The Kier molecular flexibility index (Phi) is 3.98. The SMILES string of the molecule is NC(C(=O)O)C(S)c1ccc2c(c1)OCCCO2. The molecule has 1 aliphatic rings. The highest BCUT2D eigenvalue weighted by atomic mass is 32.1. The van der Waals surface area contributed by atoms with Gasteiger partial charge in [-0.25, -0.2) is 0 Å². The number of carboxylic acids is 1. The Bertz CT molecular complexity index is 452. The van der Waals surface area contributed by atoms with Gasteiger partial charge < -0.3 is 20.3 Å². The van der Waals surface area contributed by atoms with Gasteiger partial charge in [0.2, 0.25) is 0 Å². The van der Waals surface area contributed by atoms with Gasteiger partial charge in [-0.2, -0.15) is 12.6 Å². The number of nitrogens with two attached hydrogens (primary N) is 1. The Morgan fingerprint density at radius 2 is 2.00 bits per heavy atom. The van der Waals surface area contributed by atoms with Crippen molar-refractivity contribution in [1.82, 2.24) is 0 Å². The van der Waals surface area contributed by atoms with Crippen LogP contribution in [0.25, 0.3) is 0 Å². The lowest BCUT2D eigenvalue weighted by Crippen LogP contribution is -2.34. The van der Waals surface area contributed by atoms with E-state index in [9.17, 15) is 4.79 Å². The van der Waals surface area contributed by atoms with E-state index in [1.165, 1.54) is 0 Å². The molecule has 0 aromatic heterocycles. The second kappa shape index (κ2) is 5.49. The zero-order valence-electron chi connectivity index (χ0n) is 9.70. The van der Waals surface area contributed by atoms with Crippen LogP contribution in [0.5, 0.6) is 11.5 Å². The third-order valence-corrected chi connectivity index (χ3v) is 3.36. The van der Waals surface area contributed by atoms with Gasteiger partial charge in [0, 0.05) is 6.42 Å². The molecule has 5 nitrogen and oxygen atoms in total. The first kappa shape index (κ1) is 13.0. The van der Waals surface area contributed by atoms with Crippen LogP contribution < -0.4 is 15.2 Å². The van der Waals surface area contributed by atoms with Crippen LogP contribution in [0, 0.1) is 0 Å². The average Bonchev–Trinajstić information content (AvgIpc) is 2.60. The topological polar surface area (TPSA) is 81.8 Å². The number of hydrogen-bond donors (Lipinski definition) is 3. The van der Waals surface area contributed by atoms with Gasteiger partial charge in [0.15, 0.2) is 11.5 Å². The van der Waals surface area contributed by atoms with E-state index < -0.39 is 17.3 Å². The van der Waals surface area contributed by atoms with Crippen LogP contribution in [0.3, 0.4) is 0 Å². The molecule has 6 heteroatoms. The quantitative estimate of drug-likeness (QED) is 0.719. The van der Waals surface area contributed by atoms with Gasteiger partial charge in [-0.3, -0.25) is 4.79 Å². The molecule has 1 aromatic carbocycles. The molecule has 18 heavy (non-hydrogen) atoms. The van der Waals surface area contributed by atoms with Crippen molar-refractivity contribution in [3.63, 3.8) is 0 Å². The molecule has 0 amide bonds.